The van der Waals surface area contributed by atoms with Gasteiger partial charge in [0.15, 0.2) is 0 Å². The number of halogens is 2. The Morgan fingerprint density at radius 2 is 0.867 bits per heavy atom. The average Bonchev–Trinajstić information content (AvgIpc) is 2.32. The van der Waals surface area contributed by atoms with Crippen molar-refractivity contribution < 1.29 is 3.84 Å². The van der Waals surface area contributed by atoms with Gasteiger partial charge in [-0.2, -0.15) is 3.84 Å². The van der Waals surface area contributed by atoms with Gasteiger partial charge in [0.05, 0.1) is 23.7 Å². The third kappa shape index (κ3) is 4.34. The zero-order valence-corrected chi connectivity index (χ0v) is 9.45. The molecule has 15 heavy (non-hydrogen) atoms. The molecule has 0 radical (unpaired) electrons. The third-order valence-electron chi connectivity index (χ3n) is 1.88. The maximum atomic E-state index is 4.26. The van der Waals surface area contributed by atoms with Crippen LogP contribution >= 0.6 is 23.7 Å². The molecule has 0 N–H and O–H groups in total. The van der Waals surface area contributed by atoms with Gasteiger partial charge in [-0.05, 0) is 11.1 Å². The van der Waals surface area contributed by atoms with E-state index in [1.807, 2.05) is 12.1 Å². The van der Waals surface area contributed by atoms with Crippen molar-refractivity contribution in [3.63, 3.8) is 0 Å². The molecule has 0 unspecified atom stereocenters. The van der Waals surface area contributed by atoms with Crippen LogP contribution in [0.2, 0.25) is 0 Å². The maximum absolute atomic E-state index is 4.26. The molecule has 78 valence electrons. The van der Waals surface area contributed by atoms with Crippen molar-refractivity contribution in [2.45, 2.75) is 0 Å². The van der Waals surface area contributed by atoms with E-state index in [2.05, 4.69) is 76.1 Å². The van der Waals surface area contributed by atoms with E-state index in [0.29, 0.717) is 0 Å². The molecule has 0 bridgehead atoms. The second kappa shape index (κ2) is 7.30. The van der Waals surface area contributed by atoms with Crippen LogP contribution in [0.3, 0.4) is 0 Å². The molecule has 0 fully saturated rings. The molecule has 1 nitrogen and oxygen atoms in total. The van der Waals surface area contributed by atoms with Crippen molar-refractivity contribution in [2.75, 3.05) is 0 Å². The lowest BCUT2D eigenvalue weighted by Gasteiger charge is -1.98. The summed E-state index contributed by atoms with van der Waals surface area (Å²) in [6.07, 6.45) is 0. The van der Waals surface area contributed by atoms with Crippen LogP contribution in [0.4, 0.5) is 0 Å². The quantitative estimate of drug-likeness (QED) is 0.705. The average molecular weight is 241 g/mol. The Kier molecular flexibility index (Phi) is 5.86. The maximum Gasteiger partial charge on any atom is 0.0832 e. The van der Waals surface area contributed by atoms with E-state index in [9.17, 15) is 0 Å². The van der Waals surface area contributed by atoms with Crippen LogP contribution in [-0.2, 0) is 3.84 Å². The first kappa shape index (κ1) is 12.1. The SMILES string of the molecule is ClOCl.c1ccc(-c2ccccc2)cc1. The predicted molar refractivity (Wildman–Crippen MR) is 64.7 cm³/mol. The van der Waals surface area contributed by atoms with Crippen molar-refractivity contribution in [3.8, 4) is 11.1 Å². The van der Waals surface area contributed by atoms with Crippen LogP contribution in [0.5, 0.6) is 0 Å². The summed E-state index contributed by atoms with van der Waals surface area (Å²) in [6.45, 7) is 0. The Balaban J connectivity index is 0.000000337. The summed E-state index contributed by atoms with van der Waals surface area (Å²) in [6, 6.07) is 20.8. The van der Waals surface area contributed by atoms with Gasteiger partial charge in [0.1, 0.15) is 0 Å². The Morgan fingerprint density at radius 3 is 1.13 bits per heavy atom. The number of hydrogen-bond donors (Lipinski definition) is 0. The molecule has 2 aromatic carbocycles. The summed E-state index contributed by atoms with van der Waals surface area (Å²) in [5.74, 6) is 0. The van der Waals surface area contributed by atoms with E-state index in [1.54, 1.807) is 0 Å². The minimum absolute atomic E-state index is 1.28. The minimum atomic E-state index is 1.28. The molecule has 0 amide bonds. The van der Waals surface area contributed by atoms with Crippen molar-refractivity contribution in [2.24, 2.45) is 0 Å². The molecule has 0 aliphatic heterocycles. The van der Waals surface area contributed by atoms with Gasteiger partial charge in [-0.25, -0.2) is 0 Å². The third-order valence-corrected chi connectivity index (χ3v) is 1.88. The number of benzene rings is 2. The van der Waals surface area contributed by atoms with E-state index in [1.165, 1.54) is 11.1 Å². The van der Waals surface area contributed by atoms with Gasteiger partial charge >= 0.3 is 0 Å². The highest BCUT2D eigenvalue weighted by molar-refractivity contribution is 6.24. The van der Waals surface area contributed by atoms with Gasteiger partial charge in [-0.3, -0.25) is 0 Å². The minimum Gasteiger partial charge on any atom is -0.166 e. The second-order valence-electron chi connectivity index (χ2n) is 2.79. The van der Waals surface area contributed by atoms with Crippen LogP contribution in [0.15, 0.2) is 60.7 Å². The molecule has 0 spiro atoms. The highest BCUT2D eigenvalue weighted by Crippen LogP contribution is 2.17. The lowest BCUT2D eigenvalue weighted by atomic mass is 10.1. The molecule has 0 heterocycles. The fourth-order valence-corrected chi connectivity index (χ4v) is 1.26. The summed E-state index contributed by atoms with van der Waals surface area (Å²) < 4.78 is 3.19. The molecule has 2 aromatic rings. The Labute approximate surface area is 99.6 Å². The molecule has 0 saturated heterocycles. The zero-order chi connectivity index (χ0) is 10.9. The molecule has 0 saturated carbocycles. The topological polar surface area (TPSA) is 9.23 Å². The normalized spacial score (nSPS) is 8.93. The summed E-state index contributed by atoms with van der Waals surface area (Å²) in [5.41, 5.74) is 2.55. The number of hydrogen-bond acceptors (Lipinski definition) is 1. The summed E-state index contributed by atoms with van der Waals surface area (Å²) >= 11 is 8.53. The largest absolute Gasteiger partial charge is 0.166 e. The molecular weight excluding hydrogens is 231 g/mol. The first-order chi connectivity index (χ1) is 7.38. The Hall–Kier alpha value is -1.02. The van der Waals surface area contributed by atoms with Gasteiger partial charge in [0.2, 0.25) is 0 Å². The molecule has 0 aliphatic carbocycles. The Morgan fingerprint density at radius 1 is 0.600 bits per heavy atom. The molecule has 2 rings (SSSR count). The van der Waals surface area contributed by atoms with Crippen molar-refractivity contribution in [3.05, 3.63) is 60.7 Å². The monoisotopic (exact) mass is 240 g/mol. The standard InChI is InChI=1S/C12H10.Cl2O/c1-3-7-11(8-4-1)12-9-5-2-6-10-12;1-3-2/h1-10H;. The molecule has 3 heteroatoms. The summed E-state index contributed by atoms with van der Waals surface area (Å²) in [5, 5.41) is 0. The smallest absolute Gasteiger partial charge is 0.0832 e. The highest BCUT2D eigenvalue weighted by atomic mass is 35.6. The Bertz CT molecular complexity index is 324. The van der Waals surface area contributed by atoms with E-state index in [0.717, 1.165) is 0 Å². The van der Waals surface area contributed by atoms with Crippen LogP contribution in [0.1, 0.15) is 0 Å². The van der Waals surface area contributed by atoms with Crippen molar-refractivity contribution in [1.82, 2.24) is 0 Å². The lowest BCUT2D eigenvalue weighted by Crippen LogP contribution is -1.73. The zero-order valence-electron chi connectivity index (χ0n) is 7.94. The summed E-state index contributed by atoms with van der Waals surface area (Å²) in [4.78, 5) is 0. The van der Waals surface area contributed by atoms with Crippen LogP contribution in [0, 0.1) is 0 Å². The van der Waals surface area contributed by atoms with E-state index in [-0.39, 0.29) is 0 Å². The second-order valence-corrected chi connectivity index (χ2v) is 3.26. The van der Waals surface area contributed by atoms with E-state index >= 15 is 0 Å². The number of rotatable bonds is 1. The van der Waals surface area contributed by atoms with Gasteiger partial charge in [0, 0.05) is 0 Å². The van der Waals surface area contributed by atoms with Gasteiger partial charge < -0.3 is 0 Å². The van der Waals surface area contributed by atoms with Crippen LogP contribution in [0.25, 0.3) is 11.1 Å². The fourth-order valence-electron chi connectivity index (χ4n) is 1.26. The molecular formula is C12H10Cl2O. The molecule has 0 atom stereocenters. The predicted octanol–water partition coefficient (Wildman–Crippen LogP) is 4.66. The summed E-state index contributed by atoms with van der Waals surface area (Å²) in [7, 11) is 0. The van der Waals surface area contributed by atoms with Gasteiger partial charge in [-0.1, -0.05) is 60.7 Å². The van der Waals surface area contributed by atoms with Gasteiger partial charge in [0.25, 0.3) is 0 Å². The van der Waals surface area contributed by atoms with Crippen molar-refractivity contribution in [1.29, 1.82) is 0 Å². The van der Waals surface area contributed by atoms with E-state index < -0.39 is 0 Å². The highest BCUT2D eigenvalue weighted by Gasteiger charge is 1.91. The molecule has 0 aromatic heterocycles. The first-order valence-corrected chi connectivity index (χ1v) is 5.00. The van der Waals surface area contributed by atoms with Gasteiger partial charge in [-0.15, -0.1) is 0 Å². The molecule has 0 aliphatic rings. The van der Waals surface area contributed by atoms with Crippen molar-refractivity contribution >= 4 is 23.7 Å². The van der Waals surface area contributed by atoms with E-state index in [4.69, 9.17) is 0 Å². The fraction of sp³-hybridized carbons (Fsp3) is 0. The van der Waals surface area contributed by atoms with Crippen LogP contribution in [-0.4, -0.2) is 0 Å². The van der Waals surface area contributed by atoms with Crippen LogP contribution < -0.4 is 0 Å². The first-order valence-electron chi connectivity index (χ1n) is 4.38. The lowest BCUT2D eigenvalue weighted by molar-refractivity contribution is 0.697.